The van der Waals surface area contributed by atoms with Crippen molar-refractivity contribution in [1.82, 2.24) is 5.32 Å². The second-order valence-corrected chi connectivity index (χ2v) is 6.64. The zero-order valence-corrected chi connectivity index (χ0v) is 12.4. The van der Waals surface area contributed by atoms with Gasteiger partial charge < -0.3 is 5.32 Å². The van der Waals surface area contributed by atoms with Gasteiger partial charge in [-0.2, -0.15) is 0 Å². The highest BCUT2D eigenvalue weighted by atomic mass is 79.9. The van der Waals surface area contributed by atoms with Crippen molar-refractivity contribution in [3.8, 4) is 0 Å². The van der Waals surface area contributed by atoms with E-state index in [0.29, 0.717) is 0 Å². The quantitative estimate of drug-likeness (QED) is 0.802. The Morgan fingerprint density at radius 3 is 2.69 bits per heavy atom. The standard InChI is InChI=1S/C12H17BrClNS/c13-10-4-7-16-11(10)8-15-12(9-14)5-2-1-3-6-12/h4,7,15H,1-3,5-6,8-9H2. The Morgan fingerprint density at radius 2 is 2.12 bits per heavy atom. The van der Waals surface area contributed by atoms with Crippen molar-refractivity contribution >= 4 is 38.9 Å². The van der Waals surface area contributed by atoms with E-state index >= 15 is 0 Å². The summed E-state index contributed by atoms with van der Waals surface area (Å²) in [4.78, 5) is 1.37. The van der Waals surface area contributed by atoms with Gasteiger partial charge in [0.1, 0.15) is 0 Å². The molecule has 0 bridgehead atoms. The first-order chi connectivity index (χ1) is 7.76. The number of thiophene rings is 1. The number of rotatable bonds is 4. The largest absolute Gasteiger partial charge is 0.305 e. The van der Waals surface area contributed by atoms with Crippen LogP contribution in [0.3, 0.4) is 0 Å². The Balaban J connectivity index is 1.94. The van der Waals surface area contributed by atoms with E-state index in [1.54, 1.807) is 11.3 Å². The third kappa shape index (κ3) is 3.00. The van der Waals surface area contributed by atoms with Crippen LogP contribution < -0.4 is 5.32 Å². The molecule has 16 heavy (non-hydrogen) atoms. The second-order valence-electron chi connectivity index (χ2n) is 4.52. The van der Waals surface area contributed by atoms with Crippen LogP contribution in [0.1, 0.15) is 37.0 Å². The lowest BCUT2D eigenvalue weighted by Crippen LogP contribution is -2.47. The van der Waals surface area contributed by atoms with E-state index in [-0.39, 0.29) is 5.54 Å². The predicted molar refractivity (Wildman–Crippen MR) is 75.4 cm³/mol. The van der Waals surface area contributed by atoms with Crippen molar-refractivity contribution in [2.45, 2.75) is 44.2 Å². The monoisotopic (exact) mass is 321 g/mol. The number of hydrogen-bond acceptors (Lipinski definition) is 2. The minimum Gasteiger partial charge on any atom is -0.305 e. The summed E-state index contributed by atoms with van der Waals surface area (Å²) in [6.45, 7) is 0.935. The van der Waals surface area contributed by atoms with Crippen LogP contribution in [0.4, 0.5) is 0 Å². The highest BCUT2D eigenvalue weighted by molar-refractivity contribution is 9.10. The molecule has 1 aliphatic carbocycles. The fourth-order valence-electron chi connectivity index (χ4n) is 2.31. The smallest absolute Gasteiger partial charge is 0.0406 e. The molecule has 1 aromatic rings. The van der Waals surface area contributed by atoms with E-state index in [4.69, 9.17) is 11.6 Å². The summed E-state index contributed by atoms with van der Waals surface area (Å²) in [7, 11) is 0. The third-order valence-electron chi connectivity index (χ3n) is 3.38. The molecule has 1 aliphatic rings. The highest BCUT2D eigenvalue weighted by Crippen LogP contribution is 2.31. The summed E-state index contributed by atoms with van der Waals surface area (Å²) < 4.78 is 1.21. The molecule has 4 heteroatoms. The highest BCUT2D eigenvalue weighted by Gasteiger charge is 2.30. The van der Waals surface area contributed by atoms with Gasteiger partial charge in [-0.25, -0.2) is 0 Å². The normalized spacial score (nSPS) is 19.9. The van der Waals surface area contributed by atoms with Crippen molar-refractivity contribution in [3.05, 3.63) is 20.8 Å². The molecule has 0 spiro atoms. The average Bonchev–Trinajstić information content (AvgIpc) is 2.74. The van der Waals surface area contributed by atoms with E-state index in [1.165, 1.54) is 41.5 Å². The van der Waals surface area contributed by atoms with E-state index in [1.807, 2.05) is 0 Å². The van der Waals surface area contributed by atoms with Gasteiger partial charge in [-0.15, -0.1) is 22.9 Å². The molecule has 2 rings (SSSR count). The van der Waals surface area contributed by atoms with Crippen LogP contribution in [0.2, 0.25) is 0 Å². The lowest BCUT2D eigenvalue weighted by atomic mass is 9.83. The van der Waals surface area contributed by atoms with Gasteiger partial charge in [0, 0.05) is 27.3 Å². The maximum absolute atomic E-state index is 6.15. The maximum Gasteiger partial charge on any atom is 0.0406 e. The Hall–Kier alpha value is 0.430. The van der Waals surface area contributed by atoms with Crippen LogP contribution in [-0.2, 0) is 6.54 Å². The summed E-state index contributed by atoms with van der Waals surface area (Å²) in [5.41, 5.74) is 0.184. The molecule has 0 atom stereocenters. The summed E-state index contributed by atoms with van der Waals surface area (Å²) in [6.07, 6.45) is 6.43. The van der Waals surface area contributed by atoms with Crippen molar-refractivity contribution in [2.24, 2.45) is 0 Å². The summed E-state index contributed by atoms with van der Waals surface area (Å²) in [6, 6.07) is 2.11. The molecule has 1 nitrogen and oxygen atoms in total. The number of alkyl halides is 1. The Kier molecular flexibility index (Phi) is 4.71. The maximum atomic E-state index is 6.15. The summed E-state index contributed by atoms with van der Waals surface area (Å²) in [5.74, 6) is 0.732. The summed E-state index contributed by atoms with van der Waals surface area (Å²) in [5, 5.41) is 5.80. The van der Waals surface area contributed by atoms with Gasteiger partial charge >= 0.3 is 0 Å². The molecule has 1 N–H and O–H groups in total. The van der Waals surface area contributed by atoms with Crippen molar-refractivity contribution in [2.75, 3.05) is 5.88 Å². The van der Waals surface area contributed by atoms with Gasteiger partial charge in [0.15, 0.2) is 0 Å². The summed E-state index contributed by atoms with van der Waals surface area (Å²) >= 11 is 11.5. The molecular formula is C12H17BrClNS. The third-order valence-corrected chi connectivity index (χ3v) is 5.82. The Morgan fingerprint density at radius 1 is 1.38 bits per heavy atom. The van der Waals surface area contributed by atoms with Crippen LogP contribution in [0, 0.1) is 0 Å². The van der Waals surface area contributed by atoms with Gasteiger partial charge in [0.25, 0.3) is 0 Å². The molecule has 1 aromatic heterocycles. The minimum absolute atomic E-state index is 0.184. The van der Waals surface area contributed by atoms with Gasteiger partial charge in [-0.05, 0) is 40.2 Å². The zero-order valence-electron chi connectivity index (χ0n) is 9.27. The van der Waals surface area contributed by atoms with Crippen molar-refractivity contribution in [3.63, 3.8) is 0 Å². The second kappa shape index (κ2) is 5.85. The van der Waals surface area contributed by atoms with Crippen LogP contribution in [-0.4, -0.2) is 11.4 Å². The van der Waals surface area contributed by atoms with Gasteiger partial charge in [0.05, 0.1) is 0 Å². The van der Waals surface area contributed by atoms with E-state index < -0.39 is 0 Å². The fourth-order valence-corrected chi connectivity index (χ4v) is 4.10. The Bertz CT molecular complexity index is 334. The first-order valence-electron chi connectivity index (χ1n) is 5.79. The predicted octanol–water partition coefficient (Wildman–Crippen LogP) is 4.54. The van der Waals surface area contributed by atoms with Crippen LogP contribution in [0.25, 0.3) is 0 Å². The van der Waals surface area contributed by atoms with Gasteiger partial charge in [-0.3, -0.25) is 0 Å². The lowest BCUT2D eigenvalue weighted by molar-refractivity contribution is 0.257. The first-order valence-corrected chi connectivity index (χ1v) is 7.99. The number of nitrogens with one attached hydrogen (secondary N) is 1. The van der Waals surface area contributed by atoms with E-state index in [2.05, 4.69) is 32.7 Å². The first kappa shape index (κ1) is 12.9. The molecular weight excluding hydrogens is 306 g/mol. The minimum atomic E-state index is 0.184. The average molecular weight is 323 g/mol. The van der Waals surface area contributed by atoms with Crippen LogP contribution in [0.5, 0.6) is 0 Å². The topological polar surface area (TPSA) is 12.0 Å². The molecule has 1 fully saturated rings. The molecule has 0 radical (unpaired) electrons. The molecule has 1 heterocycles. The molecule has 0 saturated heterocycles. The SMILES string of the molecule is ClCC1(NCc2sccc2Br)CCCCC1. The molecule has 0 aliphatic heterocycles. The van der Waals surface area contributed by atoms with Crippen molar-refractivity contribution in [1.29, 1.82) is 0 Å². The number of halogens is 2. The molecule has 0 amide bonds. The zero-order chi connectivity index (χ0) is 11.4. The van der Waals surface area contributed by atoms with E-state index in [0.717, 1.165) is 12.4 Å². The molecule has 0 unspecified atom stereocenters. The molecule has 90 valence electrons. The van der Waals surface area contributed by atoms with Crippen LogP contribution in [0.15, 0.2) is 15.9 Å². The fraction of sp³-hybridized carbons (Fsp3) is 0.667. The lowest BCUT2D eigenvalue weighted by Gasteiger charge is -2.36. The van der Waals surface area contributed by atoms with E-state index in [9.17, 15) is 0 Å². The van der Waals surface area contributed by atoms with Crippen molar-refractivity contribution < 1.29 is 0 Å². The number of hydrogen-bond donors (Lipinski definition) is 1. The Labute approximate surface area is 115 Å². The molecule has 1 saturated carbocycles. The van der Waals surface area contributed by atoms with Gasteiger partial charge in [-0.1, -0.05) is 19.3 Å². The van der Waals surface area contributed by atoms with Gasteiger partial charge in [0.2, 0.25) is 0 Å². The van der Waals surface area contributed by atoms with Crippen LogP contribution >= 0.6 is 38.9 Å². The molecule has 0 aromatic carbocycles.